The molecule has 1 saturated carbocycles. The molecule has 0 heterocycles. The van der Waals surface area contributed by atoms with Crippen LogP contribution in [0.4, 0.5) is 0 Å². The fourth-order valence-corrected chi connectivity index (χ4v) is 5.50. The molecule has 7 N–H and O–H groups in total. The van der Waals surface area contributed by atoms with Crippen molar-refractivity contribution in [3.63, 3.8) is 0 Å². The molecule has 0 radical (unpaired) electrons. The smallest absolute Gasteiger partial charge is 0.255 e. The highest BCUT2D eigenvalue weighted by molar-refractivity contribution is 6.24. The average molecular weight is 444 g/mol. The molecule has 0 unspecified atom stereocenters. The summed E-state index contributed by atoms with van der Waals surface area (Å²) in [6.07, 6.45) is -0.200. The van der Waals surface area contributed by atoms with Gasteiger partial charge in [0.15, 0.2) is 11.4 Å². The number of amides is 1. The monoisotopic (exact) mass is 444 g/mol. The summed E-state index contributed by atoms with van der Waals surface area (Å²) < 4.78 is 0. The summed E-state index contributed by atoms with van der Waals surface area (Å²) in [7, 11) is 3.01. The molecule has 32 heavy (non-hydrogen) atoms. The standard InChI is InChI=1S/C22H24N2O8/c1-21(31)8-5-4-6-11(25)12(8)16(26)13-9(21)7-10-15(24(2)3)17(27)14(20(23)30)19(29)22(10,32)18(13)28/h4-6,9-10,15,25-26,29,31-32H,7H2,1-3H3,(H2,23,30)/t9-,10-,15-,21+,22-/m1/s1. The number of Topliss-reactive ketones (excluding diaryl/α,β-unsaturated/α-hetero) is 2. The number of nitrogens with two attached hydrogens (primary N) is 1. The molecule has 1 aromatic carbocycles. The van der Waals surface area contributed by atoms with Crippen LogP contribution in [0.15, 0.2) is 35.1 Å². The minimum Gasteiger partial charge on any atom is -0.508 e. The summed E-state index contributed by atoms with van der Waals surface area (Å²) in [5, 5.41) is 54.9. The van der Waals surface area contributed by atoms with Crippen molar-refractivity contribution in [3.05, 3.63) is 46.2 Å². The number of primary amides is 1. The van der Waals surface area contributed by atoms with Gasteiger partial charge in [-0.3, -0.25) is 19.3 Å². The van der Waals surface area contributed by atoms with E-state index in [9.17, 15) is 39.9 Å². The van der Waals surface area contributed by atoms with Crippen LogP contribution in [0.2, 0.25) is 0 Å². The van der Waals surface area contributed by atoms with E-state index in [1.807, 2.05) is 0 Å². The first-order valence-corrected chi connectivity index (χ1v) is 9.97. The molecule has 1 aromatic rings. The van der Waals surface area contributed by atoms with Crippen molar-refractivity contribution >= 4 is 23.2 Å². The maximum absolute atomic E-state index is 13.7. The van der Waals surface area contributed by atoms with E-state index in [2.05, 4.69) is 0 Å². The van der Waals surface area contributed by atoms with Crippen LogP contribution in [0.1, 0.15) is 24.5 Å². The van der Waals surface area contributed by atoms with Gasteiger partial charge < -0.3 is 31.3 Å². The molecule has 10 heteroatoms. The lowest BCUT2D eigenvalue weighted by atomic mass is 9.54. The van der Waals surface area contributed by atoms with Crippen molar-refractivity contribution in [2.24, 2.45) is 17.6 Å². The first-order chi connectivity index (χ1) is 14.8. The van der Waals surface area contributed by atoms with E-state index in [-0.39, 0.29) is 17.5 Å². The molecule has 3 aliphatic rings. The van der Waals surface area contributed by atoms with E-state index in [1.165, 1.54) is 44.1 Å². The second kappa shape index (κ2) is 6.64. The van der Waals surface area contributed by atoms with Crippen LogP contribution in [-0.2, 0) is 20.0 Å². The van der Waals surface area contributed by atoms with Crippen LogP contribution in [0, 0.1) is 11.8 Å². The Labute approximate surface area is 182 Å². The van der Waals surface area contributed by atoms with E-state index >= 15 is 0 Å². The zero-order valence-electron chi connectivity index (χ0n) is 17.7. The number of fused-ring (bicyclic) bond motifs is 3. The molecule has 5 atom stereocenters. The van der Waals surface area contributed by atoms with Crippen LogP contribution < -0.4 is 5.73 Å². The van der Waals surface area contributed by atoms with Crippen LogP contribution in [0.5, 0.6) is 5.75 Å². The van der Waals surface area contributed by atoms with Gasteiger partial charge in [0.2, 0.25) is 5.78 Å². The number of nitrogens with zero attached hydrogens (tertiary/aromatic N) is 1. The Morgan fingerprint density at radius 3 is 2.34 bits per heavy atom. The van der Waals surface area contributed by atoms with Gasteiger partial charge in [0.25, 0.3) is 5.91 Å². The molecule has 10 nitrogen and oxygen atoms in total. The fraction of sp³-hybridized carbons (Fsp3) is 0.409. The predicted molar refractivity (Wildman–Crippen MR) is 110 cm³/mol. The summed E-state index contributed by atoms with van der Waals surface area (Å²) in [5.74, 6) is -7.90. The van der Waals surface area contributed by atoms with Crippen molar-refractivity contribution < 1.29 is 39.9 Å². The van der Waals surface area contributed by atoms with E-state index < -0.39 is 75.0 Å². The zero-order valence-corrected chi connectivity index (χ0v) is 17.7. The van der Waals surface area contributed by atoms with Crippen LogP contribution in [-0.4, -0.2) is 73.6 Å². The Balaban J connectivity index is 2.05. The number of carbonyl (C=O) groups is 3. The molecular weight excluding hydrogens is 420 g/mol. The highest BCUT2D eigenvalue weighted by Crippen LogP contribution is 2.57. The largest absolute Gasteiger partial charge is 0.508 e. The van der Waals surface area contributed by atoms with Crippen molar-refractivity contribution in [2.75, 3.05) is 14.1 Å². The number of aliphatic hydroxyl groups is 4. The summed E-state index contributed by atoms with van der Waals surface area (Å²) in [6, 6.07) is 3.02. The van der Waals surface area contributed by atoms with Gasteiger partial charge >= 0.3 is 0 Å². The minimum absolute atomic E-state index is 0.170. The third-order valence-corrected chi connectivity index (χ3v) is 7.02. The number of hydrogen-bond acceptors (Lipinski definition) is 9. The summed E-state index contributed by atoms with van der Waals surface area (Å²) in [4.78, 5) is 40.0. The first kappa shape index (κ1) is 22.0. The Morgan fingerprint density at radius 1 is 1.16 bits per heavy atom. The Hall–Kier alpha value is -3.21. The van der Waals surface area contributed by atoms with E-state index in [4.69, 9.17) is 5.73 Å². The summed E-state index contributed by atoms with van der Waals surface area (Å²) in [6.45, 7) is 1.40. The molecular formula is C22H24N2O8. The number of carbonyl (C=O) groups excluding carboxylic acids is 3. The maximum Gasteiger partial charge on any atom is 0.255 e. The van der Waals surface area contributed by atoms with Crippen LogP contribution >= 0.6 is 0 Å². The number of ketones is 2. The molecule has 0 aliphatic heterocycles. The summed E-state index contributed by atoms with van der Waals surface area (Å²) in [5.41, 5.74) is -0.548. The van der Waals surface area contributed by atoms with Crippen molar-refractivity contribution in [2.45, 2.75) is 30.6 Å². The zero-order chi connectivity index (χ0) is 23.9. The molecule has 0 bridgehead atoms. The van der Waals surface area contributed by atoms with Gasteiger partial charge in [-0.2, -0.15) is 0 Å². The van der Waals surface area contributed by atoms with Gasteiger partial charge in [-0.15, -0.1) is 0 Å². The van der Waals surface area contributed by atoms with Crippen molar-refractivity contribution in [3.8, 4) is 5.75 Å². The lowest BCUT2D eigenvalue weighted by Crippen LogP contribution is -2.67. The second-order valence-corrected chi connectivity index (χ2v) is 8.96. The molecule has 4 rings (SSSR count). The Morgan fingerprint density at radius 2 is 1.78 bits per heavy atom. The Kier molecular flexibility index (Phi) is 4.57. The number of aromatic hydroxyl groups is 1. The van der Waals surface area contributed by atoms with Gasteiger partial charge in [-0.25, -0.2) is 0 Å². The Bertz CT molecular complexity index is 1150. The predicted octanol–water partition coefficient (Wildman–Crippen LogP) is -0.371. The highest BCUT2D eigenvalue weighted by Gasteiger charge is 2.66. The number of hydrogen-bond donors (Lipinski definition) is 6. The molecule has 3 aliphatic carbocycles. The molecule has 0 spiro atoms. The second-order valence-electron chi connectivity index (χ2n) is 8.96. The van der Waals surface area contributed by atoms with Crippen molar-refractivity contribution in [1.82, 2.24) is 4.90 Å². The van der Waals surface area contributed by atoms with Crippen LogP contribution in [0.25, 0.3) is 5.76 Å². The molecule has 1 amide bonds. The fourth-order valence-electron chi connectivity index (χ4n) is 5.50. The SMILES string of the molecule is CN(C)[C@H]1C(=O)C(C(N)=O)=C(O)[C@]2(O)C(=O)C3=C(O)c4c(O)cccc4[C@](C)(O)[C@@H]3C[C@H]12. The lowest BCUT2D eigenvalue weighted by Gasteiger charge is -2.53. The normalized spacial score (nSPS) is 34.4. The number of aliphatic hydroxyl groups excluding tert-OH is 2. The van der Waals surface area contributed by atoms with Gasteiger partial charge in [0.1, 0.15) is 22.8 Å². The average Bonchev–Trinajstić information content (AvgIpc) is 2.68. The summed E-state index contributed by atoms with van der Waals surface area (Å²) >= 11 is 0. The number of rotatable bonds is 2. The highest BCUT2D eigenvalue weighted by atomic mass is 16.3. The van der Waals surface area contributed by atoms with E-state index in [1.54, 1.807) is 0 Å². The lowest BCUT2D eigenvalue weighted by molar-refractivity contribution is -0.159. The van der Waals surface area contributed by atoms with Gasteiger partial charge in [-0.1, -0.05) is 12.1 Å². The van der Waals surface area contributed by atoms with Gasteiger partial charge in [0, 0.05) is 17.4 Å². The van der Waals surface area contributed by atoms with E-state index in [0.29, 0.717) is 0 Å². The molecule has 0 saturated heterocycles. The van der Waals surface area contributed by atoms with Gasteiger partial charge in [0.05, 0.1) is 17.2 Å². The van der Waals surface area contributed by atoms with Gasteiger partial charge in [-0.05, 0) is 39.1 Å². The number of likely N-dealkylation sites (N-methyl/N-ethyl adjacent to an activating group) is 1. The maximum atomic E-state index is 13.7. The van der Waals surface area contributed by atoms with Crippen molar-refractivity contribution in [1.29, 1.82) is 0 Å². The third kappa shape index (κ3) is 2.48. The number of benzene rings is 1. The van der Waals surface area contributed by atoms with Crippen LogP contribution in [0.3, 0.4) is 0 Å². The molecule has 170 valence electrons. The number of phenolic OH excluding ortho intramolecular Hbond substituents is 1. The molecule has 1 fully saturated rings. The third-order valence-electron chi connectivity index (χ3n) is 7.02. The first-order valence-electron chi connectivity index (χ1n) is 9.97. The van der Waals surface area contributed by atoms with E-state index in [0.717, 1.165) is 0 Å². The molecule has 0 aromatic heterocycles. The quantitative estimate of drug-likeness (QED) is 0.332. The minimum atomic E-state index is -2.75. The number of phenols is 1. The topological polar surface area (TPSA) is 182 Å².